The van der Waals surface area contributed by atoms with Gasteiger partial charge in [-0.3, -0.25) is 4.99 Å². The van der Waals surface area contributed by atoms with Gasteiger partial charge in [-0.2, -0.15) is 0 Å². The molecule has 1 unspecified atom stereocenters. The van der Waals surface area contributed by atoms with E-state index in [0.717, 1.165) is 71.0 Å². The van der Waals surface area contributed by atoms with E-state index in [4.69, 9.17) is 9.84 Å². The second-order valence-corrected chi connectivity index (χ2v) is 5.96. The molecule has 0 bridgehead atoms. The summed E-state index contributed by atoms with van der Waals surface area (Å²) in [4.78, 5) is 6.94. The van der Waals surface area contributed by atoms with Crippen molar-refractivity contribution in [1.29, 1.82) is 0 Å². The van der Waals surface area contributed by atoms with Crippen LogP contribution in [0.25, 0.3) is 0 Å². The van der Waals surface area contributed by atoms with Crippen LogP contribution in [-0.2, 0) is 4.74 Å². The minimum absolute atomic E-state index is 0. The van der Waals surface area contributed by atoms with Gasteiger partial charge in [0.25, 0.3) is 0 Å². The second-order valence-electron chi connectivity index (χ2n) is 5.96. The number of methoxy groups -OCH3 is 1. The van der Waals surface area contributed by atoms with Gasteiger partial charge >= 0.3 is 0 Å². The van der Waals surface area contributed by atoms with Gasteiger partial charge in [-0.15, -0.1) is 24.0 Å². The van der Waals surface area contributed by atoms with E-state index in [9.17, 15) is 0 Å². The van der Waals surface area contributed by atoms with Crippen LogP contribution in [0.3, 0.4) is 0 Å². The predicted octanol–water partition coefficient (Wildman–Crippen LogP) is 1.93. The van der Waals surface area contributed by atoms with E-state index in [1.165, 1.54) is 0 Å². The molecule has 3 N–H and O–H groups in total. The monoisotopic (exact) mass is 458 g/mol. The van der Waals surface area contributed by atoms with Gasteiger partial charge in [-0.1, -0.05) is 13.3 Å². The molecule has 0 aromatic heterocycles. The van der Waals surface area contributed by atoms with Crippen molar-refractivity contribution in [2.24, 2.45) is 10.9 Å². The lowest BCUT2D eigenvalue weighted by Crippen LogP contribution is -2.39. The highest BCUT2D eigenvalue weighted by atomic mass is 127. The number of nitrogens with one attached hydrogen (secondary N) is 2. The third-order valence-corrected chi connectivity index (χ3v) is 3.77. The molecule has 0 spiro atoms. The minimum Gasteiger partial charge on any atom is -0.396 e. The van der Waals surface area contributed by atoms with E-state index < -0.39 is 0 Å². The van der Waals surface area contributed by atoms with Gasteiger partial charge in [0.15, 0.2) is 5.96 Å². The number of aliphatic imine (C=N–C) groups is 1. The first kappa shape index (κ1) is 26.1. The number of hydrogen-bond donors (Lipinski definition) is 3. The molecular formula is C17H39IN4O2. The average Bonchev–Trinajstić information content (AvgIpc) is 2.54. The van der Waals surface area contributed by atoms with Gasteiger partial charge in [0, 0.05) is 39.9 Å². The van der Waals surface area contributed by atoms with Crippen LogP contribution in [0.4, 0.5) is 0 Å². The van der Waals surface area contributed by atoms with Crippen molar-refractivity contribution < 1.29 is 9.84 Å². The summed E-state index contributed by atoms with van der Waals surface area (Å²) in [7, 11) is 3.85. The molecule has 7 heteroatoms. The quantitative estimate of drug-likeness (QED) is 0.161. The van der Waals surface area contributed by atoms with Crippen molar-refractivity contribution in [1.82, 2.24) is 15.5 Å². The van der Waals surface area contributed by atoms with E-state index in [1.807, 2.05) is 0 Å². The van der Waals surface area contributed by atoms with Crippen molar-refractivity contribution >= 4 is 29.9 Å². The molecule has 0 saturated carbocycles. The van der Waals surface area contributed by atoms with Crippen molar-refractivity contribution in [3.8, 4) is 0 Å². The molecule has 146 valence electrons. The lowest BCUT2D eigenvalue weighted by Gasteiger charge is -2.17. The van der Waals surface area contributed by atoms with Crippen molar-refractivity contribution in [3.05, 3.63) is 0 Å². The standard InChI is InChI=1S/C17H38N4O2.HI/c1-5-8-16(9-13-22)15-20-17(18-6-2)19-10-7-11-21(3)12-14-23-4;/h16,22H,5-15H2,1-4H3,(H2,18,19,20);1H. The molecule has 0 aromatic carbocycles. The maximum absolute atomic E-state index is 9.13. The number of hydrogen-bond acceptors (Lipinski definition) is 4. The van der Waals surface area contributed by atoms with Crippen molar-refractivity contribution in [2.75, 3.05) is 60.1 Å². The first-order valence-electron chi connectivity index (χ1n) is 8.98. The maximum Gasteiger partial charge on any atom is 0.191 e. The Balaban J connectivity index is 0. The SMILES string of the molecule is CCCC(CCO)CN=C(NCC)NCCCN(C)CCOC.I. The number of nitrogens with zero attached hydrogens (tertiary/aromatic N) is 2. The van der Waals surface area contributed by atoms with E-state index in [0.29, 0.717) is 5.92 Å². The summed E-state index contributed by atoms with van der Waals surface area (Å²) >= 11 is 0. The Morgan fingerprint density at radius 2 is 1.96 bits per heavy atom. The molecule has 0 fully saturated rings. The average molecular weight is 458 g/mol. The molecule has 0 radical (unpaired) electrons. The fourth-order valence-corrected chi connectivity index (χ4v) is 2.39. The van der Waals surface area contributed by atoms with Crippen LogP contribution < -0.4 is 10.6 Å². The van der Waals surface area contributed by atoms with E-state index in [2.05, 4.69) is 41.4 Å². The Hall–Kier alpha value is -0.120. The zero-order chi connectivity index (χ0) is 17.3. The van der Waals surface area contributed by atoms with E-state index >= 15 is 0 Å². The highest BCUT2D eigenvalue weighted by Gasteiger charge is 2.07. The number of likely N-dealkylation sites (N-methyl/N-ethyl adjacent to an activating group) is 1. The van der Waals surface area contributed by atoms with Crippen LogP contribution >= 0.6 is 24.0 Å². The van der Waals surface area contributed by atoms with Gasteiger partial charge in [0.05, 0.1) is 6.61 Å². The molecule has 0 aliphatic heterocycles. The summed E-state index contributed by atoms with van der Waals surface area (Å²) in [5.41, 5.74) is 0. The molecule has 0 aromatic rings. The molecular weight excluding hydrogens is 419 g/mol. The van der Waals surface area contributed by atoms with Gasteiger partial charge in [-0.05, 0) is 45.7 Å². The summed E-state index contributed by atoms with van der Waals surface area (Å²) in [6.07, 6.45) is 4.16. The lowest BCUT2D eigenvalue weighted by molar-refractivity contribution is 0.161. The van der Waals surface area contributed by atoms with Crippen LogP contribution in [0.15, 0.2) is 4.99 Å². The Morgan fingerprint density at radius 1 is 1.21 bits per heavy atom. The van der Waals surface area contributed by atoms with Crippen LogP contribution in [0.1, 0.15) is 39.5 Å². The first-order valence-corrected chi connectivity index (χ1v) is 8.98. The van der Waals surface area contributed by atoms with Gasteiger partial charge in [-0.25, -0.2) is 0 Å². The summed E-state index contributed by atoms with van der Waals surface area (Å²) in [5.74, 6) is 1.35. The molecule has 24 heavy (non-hydrogen) atoms. The van der Waals surface area contributed by atoms with E-state index in [1.54, 1.807) is 7.11 Å². The Morgan fingerprint density at radius 3 is 2.54 bits per heavy atom. The molecule has 0 aliphatic rings. The molecule has 0 heterocycles. The minimum atomic E-state index is 0. The smallest absolute Gasteiger partial charge is 0.191 e. The fourth-order valence-electron chi connectivity index (χ4n) is 2.39. The van der Waals surface area contributed by atoms with Crippen LogP contribution in [-0.4, -0.2) is 76.1 Å². The summed E-state index contributed by atoms with van der Waals surface area (Å²) in [6.45, 7) is 9.82. The summed E-state index contributed by atoms with van der Waals surface area (Å²) in [6, 6.07) is 0. The van der Waals surface area contributed by atoms with Crippen LogP contribution in [0.5, 0.6) is 0 Å². The van der Waals surface area contributed by atoms with Crippen LogP contribution in [0, 0.1) is 5.92 Å². The van der Waals surface area contributed by atoms with Gasteiger partial charge in [0.2, 0.25) is 0 Å². The van der Waals surface area contributed by atoms with Crippen LogP contribution in [0.2, 0.25) is 0 Å². The van der Waals surface area contributed by atoms with Gasteiger partial charge < -0.3 is 25.4 Å². The maximum atomic E-state index is 9.13. The number of halogens is 1. The summed E-state index contributed by atoms with van der Waals surface area (Å²) in [5, 5.41) is 15.8. The molecule has 0 saturated heterocycles. The first-order chi connectivity index (χ1) is 11.2. The molecule has 1 atom stereocenters. The van der Waals surface area contributed by atoms with Crippen molar-refractivity contribution in [3.63, 3.8) is 0 Å². The topological polar surface area (TPSA) is 69.1 Å². The number of guanidine groups is 1. The van der Waals surface area contributed by atoms with E-state index in [-0.39, 0.29) is 30.6 Å². The second kappa shape index (κ2) is 19.2. The Labute approximate surface area is 165 Å². The highest BCUT2D eigenvalue weighted by Crippen LogP contribution is 2.10. The fraction of sp³-hybridized carbons (Fsp3) is 0.941. The number of aliphatic hydroxyl groups is 1. The zero-order valence-corrected chi connectivity index (χ0v) is 18.3. The molecule has 6 nitrogen and oxygen atoms in total. The number of rotatable bonds is 14. The number of aliphatic hydroxyl groups excluding tert-OH is 1. The van der Waals surface area contributed by atoms with Crippen molar-refractivity contribution in [2.45, 2.75) is 39.5 Å². The Bertz CT molecular complexity index is 288. The molecule has 0 amide bonds. The lowest BCUT2D eigenvalue weighted by atomic mass is 10.0. The third-order valence-electron chi connectivity index (χ3n) is 3.77. The summed E-state index contributed by atoms with van der Waals surface area (Å²) < 4.78 is 5.08. The predicted molar refractivity (Wildman–Crippen MR) is 113 cm³/mol. The molecule has 0 aliphatic carbocycles. The largest absolute Gasteiger partial charge is 0.396 e. The normalized spacial score (nSPS) is 12.8. The highest BCUT2D eigenvalue weighted by molar-refractivity contribution is 14.0. The Kier molecular flexibility index (Phi) is 20.9. The van der Waals surface area contributed by atoms with Gasteiger partial charge in [0.1, 0.15) is 0 Å². The third kappa shape index (κ3) is 15.4. The zero-order valence-electron chi connectivity index (χ0n) is 16.0. The molecule has 0 rings (SSSR count). The number of ether oxygens (including phenoxy) is 1.